The van der Waals surface area contributed by atoms with E-state index in [0.29, 0.717) is 23.6 Å². The molecule has 5 nitrogen and oxygen atoms in total. The Hall–Kier alpha value is -2.17. The van der Waals surface area contributed by atoms with Gasteiger partial charge in [0.05, 0.1) is 0 Å². The predicted octanol–water partition coefficient (Wildman–Crippen LogP) is 4.11. The lowest BCUT2D eigenvalue weighted by Gasteiger charge is -2.18. The largest absolute Gasteiger partial charge is 0.326 e. The summed E-state index contributed by atoms with van der Waals surface area (Å²) in [6.07, 6.45) is 6.70. The number of nitrogens with one attached hydrogen (secondary N) is 2. The van der Waals surface area contributed by atoms with Crippen molar-refractivity contribution in [1.82, 2.24) is 5.43 Å². The van der Waals surface area contributed by atoms with Crippen LogP contribution in [0.15, 0.2) is 29.4 Å². The van der Waals surface area contributed by atoms with Crippen LogP contribution in [0, 0.1) is 5.92 Å². The fourth-order valence-corrected chi connectivity index (χ4v) is 2.82. The van der Waals surface area contributed by atoms with Gasteiger partial charge in [0, 0.05) is 23.4 Å². The molecule has 1 aromatic carbocycles. The van der Waals surface area contributed by atoms with Gasteiger partial charge in [0.2, 0.25) is 5.91 Å². The van der Waals surface area contributed by atoms with E-state index >= 15 is 0 Å². The number of anilines is 1. The predicted molar refractivity (Wildman–Crippen MR) is 97.1 cm³/mol. The lowest BCUT2D eigenvalue weighted by molar-refractivity contribution is -0.116. The Morgan fingerprint density at radius 1 is 1.25 bits per heavy atom. The van der Waals surface area contributed by atoms with Gasteiger partial charge in [-0.05, 0) is 62.3 Å². The monoisotopic (exact) mass is 329 g/mol. The minimum Gasteiger partial charge on any atom is -0.326 e. The van der Waals surface area contributed by atoms with E-state index in [1.807, 2.05) is 0 Å². The molecule has 1 atom stereocenters. The number of hydrazone groups is 1. The molecule has 1 aromatic rings. The van der Waals surface area contributed by atoms with Crippen LogP contribution in [0.2, 0.25) is 0 Å². The molecule has 1 aliphatic carbocycles. The molecule has 0 heterocycles. The maximum Gasteiger partial charge on any atom is 0.271 e. The van der Waals surface area contributed by atoms with Gasteiger partial charge in [0.25, 0.3) is 5.91 Å². The van der Waals surface area contributed by atoms with Crippen molar-refractivity contribution in [2.45, 2.75) is 58.8 Å². The standard InChI is InChI=1S/C19H27N3O2/c1-3-4-8-18(23)20-16-11-9-15(10-12-16)19(24)22-21-17-7-5-6-14(2)13-17/h9-12,14H,3-8,13H2,1-2H3,(H,20,23)(H,22,24)/b21-17+. The third-order valence-electron chi connectivity index (χ3n) is 4.25. The lowest BCUT2D eigenvalue weighted by atomic mass is 9.89. The third kappa shape index (κ3) is 5.80. The number of carbonyl (C=O) groups is 2. The molecule has 2 amide bonds. The van der Waals surface area contributed by atoms with Gasteiger partial charge in [0.1, 0.15) is 0 Å². The fraction of sp³-hybridized carbons (Fsp3) is 0.526. The van der Waals surface area contributed by atoms with E-state index < -0.39 is 0 Å². The van der Waals surface area contributed by atoms with Crippen molar-refractivity contribution in [2.75, 3.05) is 5.32 Å². The van der Waals surface area contributed by atoms with Crippen molar-refractivity contribution in [3.05, 3.63) is 29.8 Å². The molecule has 130 valence electrons. The van der Waals surface area contributed by atoms with Gasteiger partial charge in [0.15, 0.2) is 0 Å². The molecule has 0 bridgehead atoms. The number of benzene rings is 1. The second-order valence-electron chi connectivity index (χ2n) is 6.55. The smallest absolute Gasteiger partial charge is 0.271 e. The minimum absolute atomic E-state index is 0.00636. The molecule has 0 aliphatic heterocycles. The van der Waals surface area contributed by atoms with E-state index in [1.165, 1.54) is 6.42 Å². The molecule has 24 heavy (non-hydrogen) atoms. The highest BCUT2D eigenvalue weighted by Gasteiger charge is 2.14. The van der Waals surface area contributed by atoms with Crippen LogP contribution in [-0.2, 0) is 4.79 Å². The quantitative estimate of drug-likeness (QED) is 0.771. The van der Waals surface area contributed by atoms with Crippen LogP contribution in [0.3, 0.4) is 0 Å². The first-order chi connectivity index (χ1) is 11.6. The van der Waals surface area contributed by atoms with Crippen LogP contribution >= 0.6 is 0 Å². The first-order valence-electron chi connectivity index (χ1n) is 8.84. The van der Waals surface area contributed by atoms with E-state index in [9.17, 15) is 9.59 Å². The molecule has 1 aliphatic rings. The van der Waals surface area contributed by atoms with Crippen molar-refractivity contribution >= 4 is 23.2 Å². The van der Waals surface area contributed by atoms with Crippen LogP contribution in [0.25, 0.3) is 0 Å². The fourth-order valence-electron chi connectivity index (χ4n) is 2.82. The van der Waals surface area contributed by atoms with Gasteiger partial charge in [-0.2, -0.15) is 5.10 Å². The summed E-state index contributed by atoms with van der Waals surface area (Å²) in [5.41, 5.74) is 4.96. The van der Waals surface area contributed by atoms with Gasteiger partial charge in [-0.3, -0.25) is 9.59 Å². The lowest BCUT2D eigenvalue weighted by Crippen LogP contribution is -2.22. The summed E-state index contributed by atoms with van der Waals surface area (Å²) < 4.78 is 0. The zero-order valence-corrected chi connectivity index (χ0v) is 14.6. The zero-order valence-electron chi connectivity index (χ0n) is 14.6. The Balaban J connectivity index is 1.86. The van der Waals surface area contributed by atoms with Crippen LogP contribution in [0.1, 0.15) is 69.2 Å². The summed E-state index contributed by atoms with van der Waals surface area (Å²) in [7, 11) is 0. The summed E-state index contributed by atoms with van der Waals surface area (Å²) in [5.74, 6) is 0.432. The minimum atomic E-state index is -0.218. The van der Waals surface area contributed by atoms with E-state index in [0.717, 1.165) is 37.8 Å². The van der Waals surface area contributed by atoms with Crippen molar-refractivity contribution in [3.63, 3.8) is 0 Å². The molecule has 0 saturated heterocycles. The number of nitrogens with zero attached hydrogens (tertiary/aromatic N) is 1. The van der Waals surface area contributed by atoms with Crippen LogP contribution in [0.4, 0.5) is 5.69 Å². The summed E-state index contributed by atoms with van der Waals surface area (Å²) in [4.78, 5) is 23.8. The van der Waals surface area contributed by atoms with Crippen molar-refractivity contribution in [1.29, 1.82) is 0 Å². The van der Waals surface area contributed by atoms with E-state index in [2.05, 4.69) is 29.7 Å². The number of unbranched alkanes of at least 4 members (excludes halogenated alkanes) is 1. The Bertz CT molecular complexity index is 593. The summed E-state index contributed by atoms with van der Waals surface area (Å²) >= 11 is 0. The van der Waals surface area contributed by atoms with Gasteiger partial charge in [-0.25, -0.2) is 5.43 Å². The number of rotatable bonds is 6. The molecule has 1 unspecified atom stereocenters. The Kier molecular flexibility index (Phi) is 6.97. The number of hydrogen-bond donors (Lipinski definition) is 2. The molecule has 1 fully saturated rings. The number of amides is 2. The third-order valence-corrected chi connectivity index (χ3v) is 4.25. The average Bonchev–Trinajstić information content (AvgIpc) is 2.58. The normalized spacial score (nSPS) is 19.1. The highest BCUT2D eigenvalue weighted by Crippen LogP contribution is 2.21. The van der Waals surface area contributed by atoms with Crippen molar-refractivity contribution < 1.29 is 9.59 Å². The van der Waals surface area contributed by atoms with Gasteiger partial charge in [-0.1, -0.05) is 20.3 Å². The van der Waals surface area contributed by atoms with Crippen molar-refractivity contribution in [2.24, 2.45) is 11.0 Å². The average molecular weight is 329 g/mol. The molecule has 0 spiro atoms. The Labute approximate surface area is 143 Å². The number of hydrogen-bond acceptors (Lipinski definition) is 3. The van der Waals surface area contributed by atoms with Crippen molar-refractivity contribution in [3.8, 4) is 0 Å². The van der Waals surface area contributed by atoms with Gasteiger partial charge in [-0.15, -0.1) is 0 Å². The maximum absolute atomic E-state index is 12.1. The Morgan fingerprint density at radius 3 is 2.67 bits per heavy atom. The van der Waals surface area contributed by atoms with E-state index in [4.69, 9.17) is 0 Å². The molecule has 1 saturated carbocycles. The maximum atomic E-state index is 12.1. The van der Waals surface area contributed by atoms with E-state index in [1.54, 1.807) is 24.3 Å². The van der Waals surface area contributed by atoms with E-state index in [-0.39, 0.29) is 11.8 Å². The molecular weight excluding hydrogens is 302 g/mol. The molecule has 2 N–H and O–H groups in total. The topological polar surface area (TPSA) is 70.6 Å². The highest BCUT2D eigenvalue weighted by atomic mass is 16.2. The number of carbonyl (C=O) groups excluding carboxylic acids is 2. The first-order valence-corrected chi connectivity index (χ1v) is 8.84. The zero-order chi connectivity index (χ0) is 17.4. The Morgan fingerprint density at radius 2 is 2.00 bits per heavy atom. The molecular formula is C19H27N3O2. The molecule has 5 heteroatoms. The molecule has 2 rings (SSSR count). The molecule has 0 aromatic heterocycles. The second-order valence-corrected chi connectivity index (χ2v) is 6.55. The van der Waals surface area contributed by atoms with Gasteiger partial charge >= 0.3 is 0 Å². The SMILES string of the molecule is CCCCC(=O)Nc1ccc(C(=O)N/N=C2\CCCC(C)C2)cc1. The summed E-state index contributed by atoms with van der Waals surface area (Å²) in [6.45, 7) is 4.27. The van der Waals surface area contributed by atoms with Gasteiger partial charge < -0.3 is 5.32 Å². The summed E-state index contributed by atoms with van der Waals surface area (Å²) in [6, 6.07) is 6.89. The second kappa shape index (κ2) is 9.21. The van der Waals surface area contributed by atoms with Crippen LogP contribution < -0.4 is 10.7 Å². The van der Waals surface area contributed by atoms with Crippen LogP contribution in [-0.4, -0.2) is 17.5 Å². The van der Waals surface area contributed by atoms with Crippen LogP contribution in [0.5, 0.6) is 0 Å². The summed E-state index contributed by atoms with van der Waals surface area (Å²) in [5, 5.41) is 7.10. The molecule has 0 radical (unpaired) electrons. The first kappa shape index (κ1) is 18.2. The highest BCUT2D eigenvalue weighted by molar-refractivity contribution is 5.96.